The van der Waals surface area contributed by atoms with E-state index in [0.29, 0.717) is 6.04 Å². The Morgan fingerprint density at radius 3 is 2.69 bits per heavy atom. The van der Waals surface area contributed by atoms with Crippen LogP contribution in [0.3, 0.4) is 0 Å². The third-order valence-corrected chi connectivity index (χ3v) is 6.43. The Labute approximate surface area is 176 Å². The van der Waals surface area contributed by atoms with Crippen LogP contribution in [0.25, 0.3) is 0 Å². The number of hydrogen-bond donors (Lipinski definition) is 1. The van der Waals surface area contributed by atoms with Gasteiger partial charge in [0.25, 0.3) is 0 Å². The van der Waals surface area contributed by atoms with E-state index in [2.05, 4.69) is 61.3 Å². The largest absolute Gasteiger partial charge is 0.352 e. The van der Waals surface area contributed by atoms with Crippen molar-refractivity contribution in [3.63, 3.8) is 0 Å². The number of rotatable bonds is 5. The Bertz CT molecular complexity index is 965. The lowest BCUT2D eigenvalue weighted by molar-refractivity contribution is 0.237. The van der Waals surface area contributed by atoms with Crippen LogP contribution in [-0.4, -0.2) is 30.6 Å². The van der Waals surface area contributed by atoms with Crippen molar-refractivity contribution in [1.29, 1.82) is 0 Å². The SMILES string of the molecule is S=C1N[C@@H](c2ccccn2)[C@@H](c2cccn2Cc2cccnc2)N1C1CCCC1. The maximum Gasteiger partial charge on any atom is 0.170 e. The molecule has 0 unspecified atom stereocenters. The molecule has 2 aliphatic rings. The molecule has 1 N–H and O–H groups in total. The second-order valence-electron chi connectivity index (χ2n) is 7.89. The van der Waals surface area contributed by atoms with Gasteiger partial charge in [-0.15, -0.1) is 0 Å². The van der Waals surface area contributed by atoms with Crippen molar-refractivity contribution in [1.82, 2.24) is 24.8 Å². The molecule has 4 heterocycles. The zero-order valence-corrected chi connectivity index (χ0v) is 17.1. The van der Waals surface area contributed by atoms with E-state index < -0.39 is 0 Å². The molecule has 0 aromatic carbocycles. The number of pyridine rings is 2. The zero-order valence-electron chi connectivity index (χ0n) is 16.3. The van der Waals surface area contributed by atoms with Crippen molar-refractivity contribution in [2.75, 3.05) is 0 Å². The van der Waals surface area contributed by atoms with Gasteiger partial charge in [0.2, 0.25) is 0 Å². The predicted molar refractivity (Wildman–Crippen MR) is 117 cm³/mol. The molecule has 2 atom stereocenters. The summed E-state index contributed by atoms with van der Waals surface area (Å²) < 4.78 is 2.33. The molecule has 5 rings (SSSR count). The van der Waals surface area contributed by atoms with Gasteiger partial charge in [0.1, 0.15) is 0 Å². The van der Waals surface area contributed by atoms with Gasteiger partial charge in [0.15, 0.2) is 5.11 Å². The predicted octanol–water partition coefficient (Wildman–Crippen LogP) is 4.24. The van der Waals surface area contributed by atoms with Crippen molar-refractivity contribution in [3.8, 4) is 0 Å². The monoisotopic (exact) mass is 403 g/mol. The molecule has 6 heteroatoms. The van der Waals surface area contributed by atoms with Crippen LogP contribution in [0.4, 0.5) is 0 Å². The second-order valence-corrected chi connectivity index (χ2v) is 8.28. The number of aromatic nitrogens is 3. The van der Waals surface area contributed by atoms with Gasteiger partial charge in [-0.2, -0.15) is 0 Å². The molecule has 0 radical (unpaired) electrons. The maximum atomic E-state index is 5.85. The minimum Gasteiger partial charge on any atom is -0.352 e. The maximum absolute atomic E-state index is 5.85. The Kier molecular flexibility index (Phi) is 5.02. The average Bonchev–Trinajstić information content (AvgIpc) is 3.49. The van der Waals surface area contributed by atoms with Crippen LogP contribution in [0.2, 0.25) is 0 Å². The molecule has 148 valence electrons. The number of thiocarbonyl (C=S) groups is 1. The molecular formula is C23H25N5S. The highest BCUT2D eigenvalue weighted by atomic mass is 32.1. The molecule has 29 heavy (non-hydrogen) atoms. The van der Waals surface area contributed by atoms with E-state index >= 15 is 0 Å². The molecule has 3 aromatic rings. The molecule has 0 spiro atoms. The highest BCUT2D eigenvalue weighted by Gasteiger charge is 2.44. The van der Waals surface area contributed by atoms with Gasteiger partial charge in [0, 0.05) is 43.1 Å². The van der Waals surface area contributed by atoms with Crippen molar-refractivity contribution in [2.24, 2.45) is 0 Å². The van der Waals surface area contributed by atoms with Crippen LogP contribution in [-0.2, 0) is 6.54 Å². The second kappa shape index (κ2) is 7.95. The third-order valence-electron chi connectivity index (χ3n) is 6.10. The van der Waals surface area contributed by atoms with Gasteiger partial charge >= 0.3 is 0 Å². The van der Waals surface area contributed by atoms with Gasteiger partial charge in [-0.1, -0.05) is 25.0 Å². The molecule has 0 bridgehead atoms. The highest BCUT2D eigenvalue weighted by molar-refractivity contribution is 7.80. The lowest BCUT2D eigenvalue weighted by Crippen LogP contribution is -2.38. The Balaban J connectivity index is 1.55. The Hall–Kier alpha value is -2.73. The summed E-state index contributed by atoms with van der Waals surface area (Å²) in [6.07, 6.45) is 12.7. The minimum absolute atomic E-state index is 0.0480. The number of nitrogens with one attached hydrogen (secondary N) is 1. The van der Waals surface area contributed by atoms with Crippen molar-refractivity contribution < 1.29 is 0 Å². The molecule has 1 saturated carbocycles. The van der Waals surface area contributed by atoms with Crippen molar-refractivity contribution in [3.05, 3.63) is 84.2 Å². The molecular weight excluding hydrogens is 378 g/mol. The summed E-state index contributed by atoms with van der Waals surface area (Å²) in [4.78, 5) is 11.4. The highest BCUT2D eigenvalue weighted by Crippen LogP contribution is 2.42. The summed E-state index contributed by atoms with van der Waals surface area (Å²) in [6, 6.07) is 15.3. The van der Waals surface area contributed by atoms with E-state index in [1.54, 1.807) is 0 Å². The lowest BCUT2D eigenvalue weighted by Gasteiger charge is -2.33. The summed E-state index contributed by atoms with van der Waals surface area (Å²) in [5.41, 5.74) is 3.50. The first-order valence-corrected chi connectivity index (χ1v) is 10.8. The normalized spacial score (nSPS) is 22.2. The molecule has 1 saturated heterocycles. The molecule has 3 aromatic heterocycles. The van der Waals surface area contributed by atoms with E-state index in [-0.39, 0.29) is 12.1 Å². The zero-order chi connectivity index (χ0) is 19.6. The standard InChI is InChI=1S/C23H25N5S/c29-23-26-21(19-10-3-4-13-25-19)22(28(23)18-8-1-2-9-18)20-11-6-14-27(20)16-17-7-5-12-24-15-17/h3-7,10-15,18,21-22H,1-2,8-9,16H2,(H,26,29)/t21-,22+/m0/s1. The first kappa shape index (κ1) is 18.3. The van der Waals surface area contributed by atoms with Crippen molar-refractivity contribution in [2.45, 2.75) is 50.4 Å². The molecule has 1 aliphatic carbocycles. The summed E-state index contributed by atoms with van der Waals surface area (Å²) in [5.74, 6) is 0. The molecule has 1 aliphatic heterocycles. The molecule has 2 fully saturated rings. The van der Waals surface area contributed by atoms with E-state index in [1.165, 1.54) is 36.9 Å². The van der Waals surface area contributed by atoms with Gasteiger partial charge < -0.3 is 14.8 Å². The van der Waals surface area contributed by atoms with E-state index in [0.717, 1.165) is 17.4 Å². The van der Waals surface area contributed by atoms with E-state index in [1.807, 2.05) is 30.7 Å². The lowest BCUT2D eigenvalue weighted by atomic mass is 9.99. The molecule has 0 amide bonds. The van der Waals surface area contributed by atoms with Crippen LogP contribution >= 0.6 is 12.2 Å². The van der Waals surface area contributed by atoms with Gasteiger partial charge in [-0.05, 0) is 61.0 Å². The number of hydrogen-bond acceptors (Lipinski definition) is 3. The van der Waals surface area contributed by atoms with Crippen LogP contribution in [0, 0.1) is 0 Å². The number of nitrogens with zero attached hydrogens (tertiary/aromatic N) is 4. The summed E-state index contributed by atoms with van der Waals surface area (Å²) >= 11 is 5.85. The molecule has 5 nitrogen and oxygen atoms in total. The van der Waals surface area contributed by atoms with Gasteiger partial charge in [-0.3, -0.25) is 9.97 Å². The topological polar surface area (TPSA) is 46.0 Å². The van der Waals surface area contributed by atoms with Crippen LogP contribution < -0.4 is 5.32 Å². The average molecular weight is 404 g/mol. The summed E-state index contributed by atoms with van der Waals surface area (Å²) in [6.45, 7) is 0.798. The quantitative estimate of drug-likeness (QED) is 0.646. The summed E-state index contributed by atoms with van der Waals surface area (Å²) in [7, 11) is 0. The smallest absolute Gasteiger partial charge is 0.170 e. The minimum atomic E-state index is 0.0480. The van der Waals surface area contributed by atoms with Crippen molar-refractivity contribution >= 4 is 17.3 Å². The van der Waals surface area contributed by atoms with Crippen LogP contribution in [0.1, 0.15) is 54.7 Å². The van der Waals surface area contributed by atoms with Crippen LogP contribution in [0.5, 0.6) is 0 Å². The van der Waals surface area contributed by atoms with E-state index in [9.17, 15) is 0 Å². The van der Waals surface area contributed by atoms with Crippen LogP contribution in [0.15, 0.2) is 67.3 Å². The Morgan fingerprint density at radius 1 is 1.03 bits per heavy atom. The van der Waals surface area contributed by atoms with Gasteiger partial charge in [0.05, 0.1) is 17.8 Å². The third kappa shape index (κ3) is 3.53. The first-order chi connectivity index (χ1) is 14.3. The Morgan fingerprint density at radius 2 is 1.93 bits per heavy atom. The fourth-order valence-electron chi connectivity index (χ4n) is 4.79. The first-order valence-electron chi connectivity index (χ1n) is 10.3. The fraction of sp³-hybridized carbons (Fsp3) is 0.348. The summed E-state index contributed by atoms with van der Waals surface area (Å²) in [5, 5.41) is 4.45. The van der Waals surface area contributed by atoms with Gasteiger partial charge in [-0.25, -0.2) is 0 Å². The fourth-order valence-corrected chi connectivity index (χ4v) is 5.18. The van der Waals surface area contributed by atoms with E-state index in [4.69, 9.17) is 12.2 Å².